The molecule has 102 valence electrons. The third kappa shape index (κ3) is 4.22. The first kappa shape index (κ1) is 14.8. The number of rotatable bonds is 8. The number of nitrogens with one attached hydrogen (secondary N) is 1. The number of methoxy groups -OCH3 is 2. The van der Waals surface area contributed by atoms with Crippen molar-refractivity contribution in [3.05, 3.63) is 23.8 Å². The van der Waals surface area contributed by atoms with Gasteiger partial charge in [0.2, 0.25) is 0 Å². The van der Waals surface area contributed by atoms with E-state index >= 15 is 0 Å². The Morgan fingerprint density at radius 3 is 2.39 bits per heavy atom. The van der Waals surface area contributed by atoms with Crippen LogP contribution in [-0.4, -0.2) is 26.8 Å². The molecule has 0 aliphatic carbocycles. The highest BCUT2D eigenvalue weighted by molar-refractivity contribution is 5.43. The Morgan fingerprint density at radius 1 is 1.11 bits per heavy atom. The van der Waals surface area contributed by atoms with Gasteiger partial charge in [0.05, 0.1) is 14.2 Å². The van der Waals surface area contributed by atoms with E-state index in [0.29, 0.717) is 6.04 Å². The lowest BCUT2D eigenvalue weighted by Crippen LogP contribution is -2.30. The van der Waals surface area contributed by atoms with Gasteiger partial charge in [-0.2, -0.15) is 0 Å². The van der Waals surface area contributed by atoms with E-state index < -0.39 is 0 Å². The molecule has 0 saturated heterocycles. The molecule has 18 heavy (non-hydrogen) atoms. The zero-order valence-electron chi connectivity index (χ0n) is 12.0. The molecule has 0 amide bonds. The van der Waals surface area contributed by atoms with Crippen LogP contribution in [0.1, 0.15) is 32.3 Å². The lowest BCUT2D eigenvalue weighted by atomic mass is 10.0. The van der Waals surface area contributed by atoms with E-state index in [0.717, 1.165) is 24.5 Å². The summed E-state index contributed by atoms with van der Waals surface area (Å²) in [6.07, 6.45) is 3.43. The van der Waals surface area contributed by atoms with Crippen molar-refractivity contribution in [1.29, 1.82) is 0 Å². The Bertz CT molecular complexity index is 346. The number of ether oxygens (including phenoxy) is 2. The Morgan fingerprint density at radius 2 is 1.83 bits per heavy atom. The Balaban J connectivity index is 2.76. The van der Waals surface area contributed by atoms with Gasteiger partial charge in [-0.15, -0.1) is 0 Å². The van der Waals surface area contributed by atoms with E-state index in [1.54, 1.807) is 14.2 Å². The molecule has 0 fully saturated rings. The highest BCUT2D eigenvalue weighted by Crippen LogP contribution is 2.28. The molecule has 0 bridgehead atoms. The third-order valence-electron chi connectivity index (χ3n) is 3.06. The summed E-state index contributed by atoms with van der Waals surface area (Å²) in [5, 5.41) is 3.53. The Hall–Kier alpha value is -1.22. The SMILES string of the molecule is CCCC(Cc1ccc(OC)c(OC)c1)NCC. The quantitative estimate of drug-likeness (QED) is 0.770. The fourth-order valence-electron chi connectivity index (χ4n) is 2.21. The topological polar surface area (TPSA) is 30.5 Å². The molecule has 0 aromatic heterocycles. The maximum absolute atomic E-state index is 5.33. The minimum Gasteiger partial charge on any atom is -0.493 e. The molecular formula is C15H25NO2. The lowest BCUT2D eigenvalue weighted by Gasteiger charge is -2.18. The molecule has 0 heterocycles. The van der Waals surface area contributed by atoms with Crippen molar-refractivity contribution in [1.82, 2.24) is 5.32 Å². The summed E-state index contributed by atoms with van der Waals surface area (Å²) < 4.78 is 10.6. The molecule has 1 atom stereocenters. The van der Waals surface area contributed by atoms with Crippen molar-refractivity contribution in [3.63, 3.8) is 0 Å². The monoisotopic (exact) mass is 251 g/mol. The summed E-state index contributed by atoms with van der Waals surface area (Å²) in [4.78, 5) is 0. The fourth-order valence-corrected chi connectivity index (χ4v) is 2.21. The van der Waals surface area contributed by atoms with Crippen LogP contribution in [0, 0.1) is 0 Å². The maximum Gasteiger partial charge on any atom is 0.160 e. The van der Waals surface area contributed by atoms with Crippen LogP contribution in [0.25, 0.3) is 0 Å². The fraction of sp³-hybridized carbons (Fsp3) is 0.600. The first-order chi connectivity index (χ1) is 8.74. The van der Waals surface area contributed by atoms with Gasteiger partial charge < -0.3 is 14.8 Å². The van der Waals surface area contributed by atoms with Crippen LogP contribution in [0.5, 0.6) is 11.5 Å². The first-order valence-corrected chi connectivity index (χ1v) is 6.69. The third-order valence-corrected chi connectivity index (χ3v) is 3.06. The summed E-state index contributed by atoms with van der Waals surface area (Å²) in [5.41, 5.74) is 1.28. The molecule has 1 aromatic rings. The molecule has 1 unspecified atom stereocenters. The standard InChI is InChI=1S/C15H25NO2/c1-5-7-13(16-6-2)10-12-8-9-14(17-3)15(11-12)18-4/h8-9,11,13,16H,5-7,10H2,1-4H3. The number of hydrogen-bond donors (Lipinski definition) is 1. The molecule has 3 heteroatoms. The average Bonchev–Trinajstić information content (AvgIpc) is 2.39. The minimum atomic E-state index is 0.540. The smallest absolute Gasteiger partial charge is 0.160 e. The van der Waals surface area contributed by atoms with E-state index in [4.69, 9.17) is 9.47 Å². The molecule has 0 spiro atoms. The second-order valence-electron chi connectivity index (χ2n) is 4.44. The van der Waals surface area contributed by atoms with Crippen molar-refractivity contribution >= 4 is 0 Å². The number of likely N-dealkylation sites (N-methyl/N-ethyl adjacent to an activating group) is 1. The predicted octanol–water partition coefficient (Wildman–Crippen LogP) is 3.02. The van der Waals surface area contributed by atoms with Crippen LogP contribution in [0.4, 0.5) is 0 Å². The molecule has 1 aromatic carbocycles. The molecule has 0 aliphatic rings. The first-order valence-electron chi connectivity index (χ1n) is 6.69. The average molecular weight is 251 g/mol. The van der Waals surface area contributed by atoms with Gasteiger partial charge in [-0.1, -0.05) is 26.3 Å². The van der Waals surface area contributed by atoms with Crippen LogP contribution in [0.2, 0.25) is 0 Å². The second kappa shape index (κ2) is 7.98. The van der Waals surface area contributed by atoms with Gasteiger partial charge in [0.25, 0.3) is 0 Å². The minimum absolute atomic E-state index is 0.540. The highest BCUT2D eigenvalue weighted by Gasteiger charge is 2.10. The summed E-state index contributed by atoms with van der Waals surface area (Å²) in [6, 6.07) is 6.70. The Kier molecular flexibility index (Phi) is 6.58. The van der Waals surface area contributed by atoms with Crippen LogP contribution < -0.4 is 14.8 Å². The van der Waals surface area contributed by atoms with Gasteiger partial charge >= 0.3 is 0 Å². The number of hydrogen-bond acceptors (Lipinski definition) is 3. The van der Waals surface area contributed by atoms with Crippen LogP contribution in [-0.2, 0) is 6.42 Å². The van der Waals surface area contributed by atoms with Gasteiger partial charge in [-0.05, 0) is 37.1 Å². The van der Waals surface area contributed by atoms with Crippen molar-refractivity contribution in [2.75, 3.05) is 20.8 Å². The van der Waals surface area contributed by atoms with Crippen molar-refractivity contribution in [2.45, 2.75) is 39.2 Å². The predicted molar refractivity (Wildman–Crippen MR) is 75.6 cm³/mol. The van der Waals surface area contributed by atoms with Crippen molar-refractivity contribution in [2.24, 2.45) is 0 Å². The van der Waals surface area contributed by atoms with Gasteiger partial charge in [-0.3, -0.25) is 0 Å². The molecule has 1 rings (SSSR count). The summed E-state index contributed by atoms with van der Waals surface area (Å²) in [7, 11) is 3.34. The van der Waals surface area contributed by atoms with Crippen molar-refractivity contribution < 1.29 is 9.47 Å². The van der Waals surface area contributed by atoms with Gasteiger partial charge in [0.15, 0.2) is 11.5 Å². The molecule has 0 radical (unpaired) electrons. The summed E-state index contributed by atoms with van der Waals surface area (Å²) in [6.45, 7) is 5.38. The van der Waals surface area contributed by atoms with Gasteiger partial charge in [0, 0.05) is 6.04 Å². The Labute approximate surface area is 110 Å². The van der Waals surface area contributed by atoms with E-state index in [1.165, 1.54) is 18.4 Å². The molecular weight excluding hydrogens is 226 g/mol. The number of benzene rings is 1. The summed E-state index contributed by atoms with van der Waals surface area (Å²) in [5.74, 6) is 1.60. The normalized spacial score (nSPS) is 12.2. The molecule has 1 N–H and O–H groups in total. The molecule has 0 aliphatic heterocycles. The maximum atomic E-state index is 5.33. The molecule has 0 saturated carbocycles. The zero-order valence-corrected chi connectivity index (χ0v) is 12.0. The van der Waals surface area contributed by atoms with E-state index in [-0.39, 0.29) is 0 Å². The van der Waals surface area contributed by atoms with Gasteiger partial charge in [0.1, 0.15) is 0 Å². The largest absolute Gasteiger partial charge is 0.493 e. The molecule has 3 nitrogen and oxygen atoms in total. The van der Waals surface area contributed by atoms with E-state index in [2.05, 4.69) is 31.3 Å². The van der Waals surface area contributed by atoms with Crippen molar-refractivity contribution in [3.8, 4) is 11.5 Å². The summed E-state index contributed by atoms with van der Waals surface area (Å²) >= 11 is 0. The van der Waals surface area contributed by atoms with Crippen LogP contribution in [0.15, 0.2) is 18.2 Å². The zero-order chi connectivity index (χ0) is 13.4. The van der Waals surface area contributed by atoms with E-state index in [1.807, 2.05) is 6.07 Å². The van der Waals surface area contributed by atoms with Crippen LogP contribution in [0.3, 0.4) is 0 Å². The van der Waals surface area contributed by atoms with Crippen LogP contribution >= 0.6 is 0 Å². The highest BCUT2D eigenvalue weighted by atomic mass is 16.5. The second-order valence-corrected chi connectivity index (χ2v) is 4.44. The lowest BCUT2D eigenvalue weighted by molar-refractivity contribution is 0.354. The van der Waals surface area contributed by atoms with E-state index in [9.17, 15) is 0 Å². The van der Waals surface area contributed by atoms with Gasteiger partial charge in [-0.25, -0.2) is 0 Å².